The fourth-order valence-corrected chi connectivity index (χ4v) is 0.908. The summed E-state index contributed by atoms with van der Waals surface area (Å²) in [4.78, 5) is 20.5. The van der Waals surface area contributed by atoms with Gasteiger partial charge in [-0.3, -0.25) is 10.1 Å². The Morgan fingerprint density at radius 1 is 1.58 bits per heavy atom. The second kappa shape index (κ2) is 2.96. The van der Waals surface area contributed by atoms with E-state index in [2.05, 4.69) is 9.47 Å². The summed E-state index contributed by atoms with van der Waals surface area (Å²) in [5, 5.41) is 10.5. The van der Waals surface area contributed by atoms with Gasteiger partial charge >= 0.3 is 6.16 Å². The number of rotatable bonds is 2. The van der Waals surface area contributed by atoms with Crippen LogP contribution in [0.4, 0.5) is 4.79 Å². The van der Waals surface area contributed by atoms with Crippen molar-refractivity contribution in [1.29, 1.82) is 0 Å². The standard InChI is InChI=1S/C6H9NO5/c1-2-6(7(9)10)3-11-5(8)12-4-6/h2-4H2,1H3. The quantitative estimate of drug-likeness (QED) is 0.348. The third-order valence-corrected chi connectivity index (χ3v) is 1.96. The predicted molar refractivity (Wildman–Crippen MR) is 37.3 cm³/mol. The lowest BCUT2D eigenvalue weighted by molar-refractivity contribution is -0.581. The van der Waals surface area contributed by atoms with E-state index in [0.717, 1.165) is 0 Å². The largest absolute Gasteiger partial charge is 0.508 e. The summed E-state index contributed by atoms with van der Waals surface area (Å²) < 4.78 is 8.89. The maximum Gasteiger partial charge on any atom is 0.508 e. The van der Waals surface area contributed by atoms with Crippen LogP contribution in [0, 0.1) is 10.1 Å². The molecule has 1 heterocycles. The molecule has 6 heteroatoms. The number of ether oxygens (including phenoxy) is 2. The second-order valence-electron chi connectivity index (χ2n) is 2.66. The number of nitro groups is 1. The Morgan fingerprint density at radius 2 is 2.08 bits per heavy atom. The number of carbonyl (C=O) groups excluding carboxylic acids is 1. The van der Waals surface area contributed by atoms with Gasteiger partial charge in [-0.25, -0.2) is 4.79 Å². The molecule has 0 aromatic carbocycles. The summed E-state index contributed by atoms with van der Waals surface area (Å²) in [5.74, 6) is 0. The van der Waals surface area contributed by atoms with E-state index in [-0.39, 0.29) is 19.6 Å². The molecule has 12 heavy (non-hydrogen) atoms. The highest BCUT2D eigenvalue weighted by Crippen LogP contribution is 2.20. The zero-order valence-electron chi connectivity index (χ0n) is 6.61. The molecule has 1 fully saturated rings. The first kappa shape index (κ1) is 8.76. The molecule has 0 atom stereocenters. The minimum Gasteiger partial charge on any atom is -0.426 e. The van der Waals surface area contributed by atoms with Crippen LogP contribution in [0.3, 0.4) is 0 Å². The summed E-state index contributed by atoms with van der Waals surface area (Å²) in [5.41, 5.74) is -1.24. The molecule has 0 unspecified atom stereocenters. The molecule has 68 valence electrons. The molecule has 0 spiro atoms. The molecular formula is C6H9NO5. The molecule has 0 N–H and O–H groups in total. The van der Waals surface area contributed by atoms with Crippen LogP contribution in [-0.4, -0.2) is 29.8 Å². The first-order chi connectivity index (χ1) is 5.60. The molecular weight excluding hydrogens is 166 g/mol. The van der Waals surface area contributed by atoms with Gasteiger partial charge in [0.2, 0.25) is 0 Å². The molecule has 0 amide bonds. The van der Waals surface area contributed by atoms with E-state index in [1.807, 2.05) is 0 Å². The molecule has 0 radical (unpaired) electrons. The highest BCUT2D eigenvalue weighted by atomic mass is 16.7. The van der Waals surface area contributed by atoms with E-state index >= 15 is 0 Å². The highest BCUT2D eigenvalue weighted by molar-refractivity contribution is 5.60. The van der Waals surface area contributed by atoms with Crippen LogP contribution in [0.1, 0.15) is 13.3 Å². The maximum atomic E-state index is 10.5. The third kappa shape index (κ3) is 1.32. The third-order valence-electron chi connectivity index (χ3n) is 1.96. The number of carbonyl (C=O) groups is 1. The van der Waals surface area contributed by atoms with Gasteiger partial charge < -0.3 is 9.47 Å². The molecule has 1 aliphatic heterocycles. The molecule has 0 aromatic rings. The SMILES string of the molecule is CCC1([N+](=O)[O-])COC(=O)OC1. The molecule has 1 saturated heterocycles. The van der Waals surface area contributed by atoms with Crippen LogP contribution in [0.2, 0.25) is 0 Å². The van der Waals surface area contributed by atoms with E-state index in [9.17, 15) is 14.9 Å². The first-order valence-corrected chi connectivity index (χ1v) is 3.55. The number of hydrogen-bond donors (Lipinski definition) is 0. The first-order valence-electron chi connectivity index (χ1n) is 3.55. The fraction of sp³-hybridized carbons (Fsp3) is 0.833. The van der Waals surface area contributed by atoms with Gasteiger partial charge in [-0.15, -0.1) is 0 Å². The molecule has 1 rings (SSSR count). The Kier molecular flexibility index (Phi) is 2.16. The molecule has 6 nitrogen and oxygen atoms in total. The van der Waals surface area contributed by atoms with Gasteiger partial charge in [0.25, 0.3) is 5.54 Å². The lowest BCUT2D eigenvalue weighted by Crippen LogP contribution is -2.51. The monoisotopic (exact) mass is 175 g/mol. The Hall–Kier alpha value is -1.33. The van der Waals surface area contributed by atoms with Crippen LogP contribution < -0.4 is 0 Å². The van der Waals surface area contributed by atoms with Crippen LogP contribution in [0.15, 0.2) is 0 Å². The van der Waals surface area contributed by atoms with Crippen molar-refractivity contribution in [3.8, 4) is 0 Å². The lowest BCUT2D eigenvalue weighted by Gasteiger charge is -2.26. The average molecular weight is 175 g/mol. The van der Waals surface area contributed by atoms with E-state index in [0.29, 0.717) is 0 Å². The average Bonchev–Trinajstić information content (AvgIpc) is 2.06. The van der Waals surface area contributed by atoms with Gasteiger partial charge in [-0.1, -0.05) is 6.92 Å². The summed E-state index contributed by atoms with van der Waals surface area (Å²) in [6, 6.07) is 0. The van der Waals surface area contributed by atoms with Crippen molar-refractivity contribution < 1.29 is 19.2 Å². The van der Waals surface area contributed by atoms with Gasteiger partial charge in [-0.05, 0) is 0 Å². The maximum absolute atomic E-state index is 10.5. The van der Waals surface area contributed by atoms with Crippen molar-refractivity contribution >= 4 is 6.16 Å². The topological polar surface area (TPSA) is 78.7 Å². The van der Waals surface area contributed by atoms with Crippen molar-refractivity contribution in [2.24, 2.45) is 0 Å². The zero-order chi connectivity index (χ0) is 9.19. The van der Waals surface area contributed by atoms with Crippen molar-refractivity contribution in [1.82, 2.24) is 0 Å². The Morgan fingerprint density at radius 3 is 2.42 bits per heavy atom. The van der Waals surface area contributed by atoms with Gasteiger partial charge in [0.1, 0.15) is 0 Å². The summed E-state index contributed by atoms with van der Waals surface area (Å²) in [7, 11) is 0. The van der Waals surface area contributed by atoms with E-state index < -0.39 is 16.6 Å². The second-order valence-corrected chi connectivity index (χ2v) is 2.66. The normalized spacial score (nSPS) is 20.9. The van der Waals surface area contributed by atoms with Crippen molar-refractivity contribution in [3.05, 3.63) is 10.1 Å². The summed E-state index contributed by atoms with van der Waals surface area (Å²) >= 11 is 0. The Balaban J connectivity index is 2.69. The van der Waals surface area contributed by atoms with Gasteiger partial charge in [0.05, 0.1) is 0 Å². The van der Waals surface area contributed by atoms with Crippen molar-refractivity contribution in [2.45, 2.75) is 18.9 Å². The summed E-state index contributed by atoms with van der Waals surface area (Å²) in [6.07, 6.45) is -0.547. The lowest BCUT2D eigenvalue weighted by atomic mass is 9.99. The van der Waals surface area contributed by atoms with E-state index in [1.54, 1.807) is 6.92 Å². The Labute approximate surface area is 68.6 Å². The fourth-order valence-electron chi connectivity index (χ4n) is 0.908. The number of hydrogen-bond acceptors (Lipinski definition) is 5. The number of nitrogens with zero attached hydrogens (tertiary/aromatic N) is 1. The van der Waals surface area contributed by atoms with Gasteiger partial charge in [-0.2, -0.15) is 0 Å². The van der Waals surface area contributed by atoms with E-state index in [1.165, 1.54) is 0 Å². The molecule has 0 aromatic heterocycles. The summed E-state index contributed by atoms with van der Waals surface area (Å²) in [6.45, 7) is 1.26. The van der Waals surface area contributed by atoms with Crippen molar-refractivity contribution in [3.63, 3.8) is 0 Å². The van der Waals surface area contributed by atoms with E-state index in [4.69, 9.17) is 0 Å². The van der Waals surface area contributed by atoms with Gasteiger partial charge in [0, 0.05) is 11.3 Å². The van der Waals surface area contributed by atoms with Gasteiger partial charge in [0.15, 0.2) is 13.2 Å². The molecule has 1 aliphatic rings. The predicted octanol–water partition coefficient (Wildman–Crippen LogP) is 0.579. The number of cyclic esters (lactones) is 2. The van der Waals surface area contributed by atoms with Crippen LogP contribution >= 0.6 is 0 Å². The Bertz CT molecular complexity index is 204. The van der Waals surface area contributed by atoms with Crippen LogP contribution in [-0.2, 0) is 9.47 Å². The van der Waals surface area contributed by atoms with Crippen LogP contribution in [0.5, 0.6) is 0 Å². The smallest absolute Gasteiger partial charge is 0.426 e. The minimum atomic E-state index is -1.24. The van der Waals surface area contributed by atoms with Crippen molar-refractivity contribution in [2.75, 3.05) is 13.2 Å². The zero-order valence-corrected chi connectivity index (χ0v) is 6.61. The van der Waals surface area contributed by atoms with Crippen LogP contribution in [0.25, 0.3) is 0 Å². The highest BCUT2D eigenvalue weighted by Gasteiger charge is 2.47. The molecule has 0 aliphatic carbocycles. The molecule has 0 bridgehead atoms. The minimum absolute atomic E-state index is 0.199. The molecule has 0 saturated carbocycles.